The molecule has 0 saturated heterocycles. The van der Waals surface area contributed by atoms with Crippen LogP contribution in [-0.4, -0.2) is 68.2 Å². The summed E-state index contributed by atoms with van der Waals surface area (Å²) in [6, 6.07) is 24.9. The van der Waals surface area contributed by atoms with E-state index < -0.39 is 131 Å². The molecule has 492 valence electrons. The van der Waals surface area contributed by atoms with Gasteiger partial charge >= 0.3 is 12.4 Å². The molecule has 0 amide bonds. The van der Waals surface area contributed by atoms with Crippen molar-refractivity contribution in [1.29, 1.82) is 10.5 Å². The van der Waals surface area contributed by atoms with E-state index in [1.807, 2.05) is 6.07 Å². The average Bonchev–Trinajstić information content (AvgIpc) is 0.724. The number of nitriles is 2. The van der Waals surface area contributed by atoms with Crippen LogP contribution in [0, 0.1) is 76.1 Å². The van der Waals surface area contributed by atoms with Gasteiger partial charge in [-0.2, -0.15) is 62.8 Å². The van der Waals surface area contributed by atoms with Crippen LogP contribution in [0.25, 0.3) is 33.4 Å². The number of hydrogen-bond donors (Lipinski definition) is 2. The van der Waals surface area contributed by atoms with Gasteiger partial charge in [-0.3, -0.25) is 9.35 Å². The lowest BCUT2D eigenvalue weighted by Gasteiger charge is -2.38. The molecular weight excluding hydrogens is 1320 g/mol. The highest BCUT2D eigenvalue weighted by Gasteiger charge is 2.72. The van der Waals surface area contributed by atoms with Crippen molar-refractivity contribution in [2.75, 3.05) is 31.8 Å². The molecule has 0 unspecified atom stereocenters. The predicted molar refractivity (Wildman–Crippen MR) is 309 cm³/mol. The van der Waals surface area contributed by atoms with E-state index in [2.05, 4.69) is 20.2 Å². The van der Waals surface area contributed by atoms with E-state index in [0.29, 0.717) is 61.1 Å². The van der Waals surface area contributed by atoms with Gasteiger partial charge in [0.25, 0.3) is 10.1 Å². The van der Waals surface area contributed by atoms with Crippen molar-refractivity contribution < 1.29 is 118 Å². The third-order valence-corrected chi connectivity index (χ3v) is 15.8. The minimum absolute atomic E-state index is 0.00945. The molecule has 0 fully saturated rings. The van der Waals surface area contributed by atoms with Gasteiger partial charge in [-0.05, 0) is 109 Å². The van der Waals surface area contributed by atoms with Gasteiger partial charge in [-0.1, -0.05) is 71.8 Å². The summed E-state index contributed by atoms with van der Waals surface area (Å²) in [7, 11) is -3.68. The molecule has 2 N–H and O–H groups in total. The minimum Gasteiger partial charge on any atom is -0.493 e. The minimum atomic E-state index is -6.27. The number of rotatable bonds is 26. The molecule has 0 spiro atoms. The smallest absolute Gasteiger partial charge is 0.411 e. The lowest BCUT2D eigenvalue weighted by molar-refractivity contribution is -0.432. The van der Waals surface area contributed by atoms with Crippen LogP contribution in [0.2, 0.25) is 0 Å². The van der Waals surface area contributed by atoms with Gasteiger partial charge in [0.05, 0.1) is 48.3 Å². The fraction of sp³-hybridized carbons (Fsp3) is 0.203. The first-order valence-electron chi connectivity index (χ1n) is 27.2. The van der Waals surface area contributed by atoms with Crippen LogP contribution in [-0.2, 0) is 24.9 Å². The zero-order valence-corrected chi connectivity index (χ0v) is 49.8. The summed E-state index contributed by atoms with van der Waals surface area (Å²) < 4.78 is 275. The van der Waals surface area contributed by atoms with Gasteiger partial charge in [0.2, 0.25) is 34.4 Å². The standard InChI is InChI=1S/C64H44F14N2O12S2/c1-33-9-7-11-41(45(33)31-79)42-23-13-34(29-44(42)59(81)43-24-22-39(87-25-4-6-28-94(83,84)85)30-48(43)88-26-3-5-27-93-92-91-82)40-10-8-12-47(46(40)32-80)89-37-18-14-35(15-19-37)62(63(73,74)75,64(76,77)78)36-16-20-38(21-17-36)90-61-57(71)53(67)50(54(68)58(61)72)49-51(65)55(69)60(86-2)56(70)52(49)66/h7-24,29-30,82H,3-6,25-28H2,1-2H3,(H,83,84,85). The van der Waals surface area contributed by atoms with Crippen molar-refractivity contribution in [2.45, 2.75) is 50.4 Å². The van der Waals surface area contributed by atoms with Crippen LogP contribution in [0.3, 0.4) is 0 Å². The van der Waals surface area contributed by atoms with Crippen LogP contribution < -0.4 is 23.7 Å². The molecule has 0 saturated carbocycles. The third kappa shape index (κ3) is 14.5. The highest BCUT2D eigenvalue weighted by atomic mass is 32.2. The second-order valence-corrected chi connectivity index (χ2v) is 22.5. The Morgan fingerprint density at radius 3 is 1.62 bits per heavy atom. The number of nitrogens with zero attached hydrogens (tertiary/aromatic N) is 2. The third-order valence-electron chi connectivity index (χ3n) is 14.4. The molecule has 8 aromatic carbocycles. The number of ether oxygens (including phenoxy) is 5. The number of benzene rings is 8. The Balaban J connectivity index is 1.13. The highest BCUT2D eigenvalue weighted by Crippen LogP contribution is 2.57. The van der Waals surface area contributed by atoms with Gasteiger partial charge in [0.15, 0.2) is 34.8 Å². The fourth-order valence-electron chi connectivity index (χ4n) is 9.97. The van der Waals surface area contributed by atoms with Gasteiger partial charge in [-0.15, -0.1) is 4.33 Å². The van der Waals surface area contributed by atoms with E-state index >= 15 is 48.7 Å². The quantitative estimate of drug-likeness (QED) is 0.00756. The summed E-state index contributed by atoms with van der Waals surface area (Å²) in [6.07, 6.45) is -11.4. The van der Waals surface area contributed by atoms with Crippen LogP contribution >= 0.6 is 12.0 Å². The molecule has 0 aliphatic carbocycles. The Morgan fingerprint density at radius 2 is 1.07 bits per heavy atom. The largest absolute Gasteiger partial charge is 0.493 e. The SMILES string of the molecule is COc1c(F)c(F)c(-c2c(F)c(F)c(Oc3ccc(C(c4ccc(Oc5cccc(-c6ccc(-c7cccc(C)c7C#N)c(C(=O)c7ccc(OCCCCS(=O)(=O)O)cc7OCCCCSOOO)c6)c5C#N)cc4)(C(F)(F)F)C(F)(F)F)cc3)c(F)c2F)c(F)c1F. The first-order valence-corrected chi connectivity index (χ1v) is 29.7. The van der Waals surface area contributed by atoms with E-state index in [1.165, 1.54) is 54.6 Å². The molecule has 0 aromatic heterocycles. The second-order valence-electron chi connectivity index (χ2n) is 20.1. The van der Waals surface area contributed by atoms with Crippen LogP contribution in [0.1, 0.15) is 69.4 Å². The van der Waals surface area contributed by atoms with Gasteiger partial charge < -0.3 is 23.7 Å². The molecular formula is C64H44F14N2O12S2. The number of halogens is 14. The number of unbranched alkanes of at least 4 members (excludes halogenated alkanes) is 2. The summed E-state index contributed by atoms with van der Waals surface area (Å²) in [6.45, 7) is 1.68. The molecule has 94 heavy (non-hydrogen) atoms. The molecule has 30 heteroatoms. The van der Waals surface area contributed by atoms with Gasteiger partial charge in [-0.25, -0.2) is 22.8 Å². The van der Waals surface area contributed by atoms with Crippen molar-refractivity contribution in [1.82, 2.24) is 0 Å². The number of methoxy groups -OCH3 is 1. The lowest BCUT2D eigenvalue weighted by atomic mass is 9.73. The fourth-order valence-corrected chi connectivity index (χ4v) is 11.0. The molecule has 0 radical (unpaired) electrons. The van der Waals surface area contributed by atoms with Crippen molar-refractivity contribution in [3.63, 3.8) is 0 Å². The van der Waals surface area contributed by atoms with Crippen molar-refractivity contribution in [2.24, 2.45) is 0 Å². The molecule has 0 atom stereocenters. The van der Waals surface area contributed by atoms with E-state index in [-0.39, 0.29) is 107 Å². The maximum atomic E-state index is 15.4. The van der Waals surface area contributed by atoms with E-state index in [0.717, 1.165) is 12.0 Å². The van der Waals surface area contributed by atoms with Crippen LogP contribution in [0.5, 0.6) is 40.2 Å². The number of alkyl halides is 6. The summed E-state index contributed by atoms with van der Waals surface area (Å²) in [4.78, 5) is 15.2. The molecule has 14 nitrogen and oxygen atoms in total. The first kappa shape index (κ1) is 70.4. The van der Waals surface area contributed by atoms with Crippen LogP contribution in [0.15, 0.2) is 121 Å². The normalized spacial score (nSPS) is 11.9. The Kier molecular flexibility index (Phi) is 21.9. The molecule has 0 bridgehead atoms. The van der Waals surface area contributed by atoms with E-state index in [9.17, 15) is 36.5 Å². The van der Waals surface area contributed by atoms with Crippen molar-refractivity contribution >= 4 is 27.9 Å². The number of hydrogen-bond acceptors (Lipinski definition) is 14. The summed E-state index contributed by atoms with van der Waals surface area (Å²) in [5.74, 6) is -26.8. The highest BCUT2D eigenvalue weighted by molar-refractivity contribution is 7.94. The molecule has 0 heterocycles. The van der Waals surface area contributed by atoms with Gasteiger partial charge in [0.1, 0.15) is 46.4 Å². The Labute approximate surface area is 528 Å². The number of aryl methyl sites for hydroxylation is 1. The number of ketones is 1. The summed E-state index contributed by atoms with van der Waals surface area (Å²) in [5, 5.41) is 33.1. The lowest BCUT2D eigenvalue weighted by Crippen LogP contribution is -2.54. The van der Waals surface area contributed by atoms with Crippen LogP contribution in [0.4, 0.5) is 61.5 Å². The molecule has 8 rings (SSSR count). The topological polar surface area (TPSA) is 204 Å². The van der Waals surface area contributed by atoms with E-state index in [4.69, 9.17) is 28.8 Å². The molecule has 0 aliphatic rings. The monoisotopic (exact) mass is 1360 g/mol. The predicted octanol–water partition coefficient (Wildman–Crippen LogP) is 17.4. The number of carbonyl (C=O) groups is 1. The van der Waals surface area contributed by atoms with Crippen molar-refractivity contribution in [3.05, 3.63) is 207 Å². The van der Waals surface area contributed by atoms with Crippen molar-refractivity contribution in [3.8, 4) is 85.8 Å². The molecule has 0 aliphatic heterocycles. The maximum absolute atomic E-state index is 15.4. The average molecular weight is 1360 g/mol. The van der Waals surface area contributed by atoms with E-state index in [1.54, 1.807) is 25.1 Å². The Bertz CT molecular complexity index is 4300. The zero-order valence-electron chi connectivity index (χ0n) is 48.2. The Hall–Kier alpha value is -9.43. The maximum Gasteiger partial charge on any atom is 0.411 e. The van der Waals surface area contributed by atoms with Gasteiger partial charge in [0, 0.05) is 40.6 Å². The second kappa shape index (κ2) is 29.2. The summed E-state index contributed by atoms with van der Waals surface area (Å²) in [5.41, 5.74) is -11.5. The summed E-state index contributed by atoms with van der Waals surface area (Å²) >= 11 is 0.804. The zero-order chi connectivity index (χ0) is 68.6. The first-order chi connectivity index (χ1) is 44.5. The molecule has 8 aromatic rings. The Morgan fingerprint density at radius 1 is 0.553 bits per heavy atom. The number of carbonyl (C=O) groups excluding carboxylic acids is 1.